The minimum atomic E-state index is -0.844. The molecule has 2 rings (SSSR count). The highest BCUT2D eigenvalue weighted by molar-refractivity contribution is 5.74. The van der Waals surface area contributed by atoms with E-state index in [-0.39, 0.29) is 6.03 Å². The van der Waals surface area contributed by atoms with Crippen molar-refractivity contribution in [2.24, 2.45) is 0 Å². The number of amides is 2. The number of carbonyl (C=O) groups is 1. The van der Waals surface area contributed by atoms with Gasteiger partial charge in [-0.05, 0) is 39.2 Å². The van der Waals surface area contributed by atoms with E-state index >= 15 is 0 Å². The van der Waals surface area contributed by atoms with Gasteiger partial charge in [0.15, 0.2) is 11.6 Å². The second-order valence-corrected chi connectivity index (χ2v) is 5.96. The molecule has 1 fully saturated rings. The number of hydrogen-bond donors (Lipinski definition) is 1. The molecule has 5 nitrogen and oxygen atoms in total. The van der Waals surface area contributed by atoms with Gasteiger partial charge in [-0.25, -0.2) is 13.6 Å². The molecule has 0 aromatic heterocycles. The number of nitrogens with zero attached hydrogens (tertiary/aromatic N) is 3. The maximum atomic E-state index is 13.3. The molecule has 0 unspecified atom stereocenters. The van der Waals surface area contributed by atoms with Crippen molar-refractivity contribution >= 4 is 11.7 Å². The first-order valence-corrected chi connectivity index (χ1v) is 7.85. The largest absolute Gasteiger partial charge is 0.368 e. The van der Waals surface area contributed by atoms with Gasteiger partial charge in [0.2, 0.25) is 0 Å². The van der Waals surface area contributed by atoms with E-state index in [1.54, 1.807) is 11.0 Å². The maximum Gasteiger partial charge on any atom is 0.317 e. The number of benzene rings is 1. The average molecular weight is 326 g/mol. The summed E-state index contributed by atoms with van der Waals surface area (Å²) in [6, 6.07) is 3.84. The molecule has 0 bridgehead atoms. The van der Waals surface area contributed by atoms with E-state index < -0.39 is 11.6 Å². The molecule has 1 N–H and O–H groups in total. The molecule has 0 saturated carbocycles. The topological polar surface area (TPSA) is 38.8 Å². The fraction of sp³-hybridized carbons (Fsp3) is 0.562. The summed E-state index contributed by atoms with van der Waals surface area (Å²) in [5, 5.41) is 2.91. The van der Waals surface area contributed by atoms with Crippen LogP contribution >= 0.6 is 0 Å². The maximum absolute atomic E-state index is 13.3. The summed E-state index contributed by atoms with van der Waals surface area (Å²) in [5.41, 5.74) is 0.648. The Bertz CT molecular complexity index is 531. The van der Waals surface area contributed by atoms with Crippen molar-refractivity contribution in [3.05, 3.63) is 29.8 Å². The van der Waals surface area contributed by atoms with Gasteiger partial charge in [-0.1, -0.05) is 0 Å². The Morgan fingerprint density at radius 3 is 2.48 bits per heavy atom. The van der Waals surface area contributed by atoms with Gasteiger partial charge in [0.25, 0.3) is 0 Å². The van der Waals surface area contributed by atoms with E-state index in [0.717, 1.165) is 19.0 Å². The quantitative estimate of drug-likeness (QED) is 0.838. The van der Waals surface area contributed by atoms with Crippen molar-refractivity contribution in [2.45, 2.75) is 6.42 Å². The van der Waals surface area contributed by atoms with E-state index in [1.165, 1.54) is 6.07 Å². The summed E-state index contributed by atoms with van der Waals surface area (Å²) >= 11 is 0. The van der Waals surface area contributed by atoms with Gasteiger partial charge in [-0.15, -0.1) is 0 Å². The Morgan fingerprint density at radius 2 is 1.87 bits per heavy atom. The second-order valence-electron chi connectivity index (χ2n) is 5.96. The highest BCUT2D eigenvalue weighted by Gasteiger charge is 2.21. The smallest absolute Gasteiger partial charge is 0.317 e. The minimum Gasteiger partial charge on any atom is -0.368 e. The van der Waals surface area contributed by atoms with E-state index in [9.17, 15) is 13.6 Å². The number of urea groups is 1. The number of halogens is 2. The minimum absolute atomic E-state index is 0.0614. The van der Waals surface area contributed by atoms with Gasteiger partial charge in [0.05, 0.1) is 0 Å². The highest BCUT2D eigenvalue weighted by atomic mass is 19.2. The van der Waals surface area contributed by atoms with Gasteiger partial charge in [-0.2, -0.15) is 0 Å². The lowest BCUT2D eigenvalue weighted by Gasteiger charge is -2.36. The van der Waals surface area contributed by atoms with Crippen molar-refractivity contribution < 1.29 is 13.6 Å². The van der Waals surface area contributed by atoms with Gasteiger partial charge in [0, 0.05) is 44.5 Å². The van der Waals surface area contributed by atoms with Crippen LogP contribution in [0.1, 0.15) is 6.42 Å². The van der Waals surface area contributed by atoms with Crippen LogP contribution < -0.4 is 10.2 Å². The van der Waals surface area contributed by atoms with Crippen molar-refractivity contribution in [3.63, 3.8) is 0 Å². The molecule has 2 amide bonds. The summed E-state index contributed by atoms with van der Waals surface area (Å²) in [7, 11) is 4.00. The van der Waals surface area contributed by atoms with E-state index in [0.29, 0.717) is 38.4 Å². The number of nitrogens with one attached hydrogen (secondary N) is 1. The molecule has 128 valence electrons. The summed E-state index contributed by atoms with van der Waals surface area (Å²) in [5.74, 6) is -1.69. The Morgan fingerprint density at radius 1 is 1.17 bits per heavy atom. The number of piperazine rings is 1. The zero-order chi connectivity index (χ0) is 16.8. The molecule has 0 atom stereocenters. The molecule has 0 aliphatic carbocycles. The molecule has 1 aliphatic heterocycles. The van der Waals surface area contributed by atoms with Crippen molar-refractivity contribution in [1.29, 1.82) is 0 Å². The molecular weight excluding hydrogens is 302 g/mol. The third-order valence-electron chi connectivity index (χ3n) is 3.89. The van der Waals surface area contributed by atoms with Crippen LogP contribution in [0, 0.1) is 11.6 Å². The second kappa shape index (κ2) is 8.10. The predicted molar refractivity (Wildman–Crippen MR) is 86.7 cm³/mol. The fourth-order valence-corrected chi connectivity index (χ4v) is 2.55. The van der Waals surface area contributed by atoms with Crippen LogP contribution in [-0.4, -0.2) is 69.2 Å². The first kappa shape index (κ1) is 17.5. The molecule has 1 saturated heterocycles. The summed E-state index contributed by atoms with van der Waals surface area (Å²) < 4.78 is 26.3. The lowest BCUT2D eigenvalue weighted by Crippen LogP contribution is -2.52. The van der Waals surface area contributed by atoms with Crippen LogP contribution in [0.5, 0.6) is 0 Å². The fourth-order valence-electron chi connectivity index (χ4n) is 2.55. The van der Waals surface area contributed by atoms with Crippen molar-refractivity contribution in [3.8, 4) is 0 Å². The van der Waals surface area contributed by atoms with Gasteiger partial charge < -0.3 is 20.0 Å². The molecule has 1 aromatic rings. The third-order valence-corrected chi connectivity index (χ3v) is 3.89. The average Bonchev–Trinajstić information content (AvgIpc) is 2.54. The molecule has 0 radical (unpaired) electrons. The summed E-state index contributed by atoms with van der Waals surface area (Å²) in [6.45, 7) is 3.94. The van der Waals surface area contributed by atoms with E-state index in [2.05, 4.69) is 10.2 Å². The molecule has 1 heterocycles. The Kier molecular flexibility index (Phi) is 6.15. The van der Waals surface area contributed by atoms with Gasteiger partial charge in [-0.3, -0.25) is 0 Å². The Balaban J connectivity index is 1.76. The summed E-state index contributed by atoms with van der Waals surface area (Å²) in [4.78, 5) is 17.8. The SMILES string of the molecule is CN(C)CCCNC(=O)N1CCN(c2ccc(F)c(F)c2)CC1. The van der Waals surface area contributed by atoms with E-state index in [1.807, 2.05) is 19.0 Å². The molecule has 7 heteroatoms. The normalized spacial score (nSPS) is 15.2. The molecule has 1 aromatic carbocycles. The van der Waals surface area contributed by atoms with Crippen LogP contribution in [0.4, 0.5) is 19.3 Å². The monoisotopic (exact) mass is 326 g/mol. The molecule has 0 spiro atoms. The molecular formula is C16H24F2N4O. The lowest BCUT2D eigenvalue weighted by molar-refractivity contribution is 0.194. The van der Waals surface area contributed by atoms with Crippen LogP contribution in [-0.2, 0) is 0 Å². The number of carbonyl (C=O) groups excluding carboxylic acids is 1. The van der Waals surface area contributed by atoms with Crippen LogP contribution in [0.15, 0.2) is 18.2 Å². The predicted octanol–water partition coefficient (Wildman–Crippen LogP) is 1.75. The van der Waals surface area contributed by atoms with Crippen LogP contribution in [0.3, 0.4) is 0 Å². The van der Waals surface area contributed by atoms with Crippen molar-refractivity contribution in [1.82, 2.24) is 15.1 Å². The summed E-state index contributed by atoms with van der Waals surface area (Å²) in [6.07, 6.45) is 0.910. The number of rotatable bonds is 5. The van der Waals surface area contributed by atoms with Crippen LogP contribution in [0.25, 0.3) is 0 Å². The van der Waals surface area contributed by atoms with Gasteiger partial charge >= 0.3 is 6.03 Å². The highest BCUT2D eigenvalue weighted by Crippen LogP contribution is 2.19. The number of hydrogen-bond acceptors (Lipinski definition) is 3. The third kappa shape index (κ3) is 5.06. The Hall–Kier alpha value is -1.89. The molecule has 23 heavy (non-hydrogen) atoms. The first-order chi connectivity index (χ1) is 11.0. The molecule has 1 aliphatic rings. The first-order valence-electron chi connectivity index (χ1n) is 7.85. The lowest BCUT2D eigenvalue weighted by atomic mass is 10.2. The van der Waals surface area contributed by atoms with E-state index in [4.69, 9.17) is 0 Å². The zero-order valence-electron chi connectivity index (χ0n) is 13.7. The number of anilines is 1. The Labute approximate surface area is 135 Å². The standard InChI is InChI=1S/C16H24F2N4O/c1-20(2)7-3-6-19-16(23)22-10-8-21(9-11-22)13-4-5-14(17)15(18)12-13/h4-5,12H,3,6-11H2,1-2H3,(H,19,23). The van der Waals surface area contributed by atoms with Crippen molar-refractivity contribution in [2.75, 3.05) is 58.3 Å². The zero-order valence-corrected chi connectivity index (χ0v) is 13.7. The van der Waals surface area contributed by atoms with Crippen LogP contribution in [0.2, 0.25) is 0 Å². The van der Waals surface area contributed by atoms with Gasteiger partial charge in [0.1, 0.15) is 0 Å².